The molecule has 1 aliphatic heterocycles. The molecule has 228 valence electrons. The highest BCUT2D eigenvalue weighted by atomic mass is 19.3. The molecule has 10 nitrogen and oxygen atoms in total. The van der Waals surface area contributed by atoms with Crippen LogP contribution in [0.4, 0.5) is 8.78 Å². The Labute approximate surface area is 248 Å². The number of morpholine rings is 1. The van der Waals surface area contributed by atoms with E-state index in [2.05, 4.69) is 10.00 Å². The van der Waals surface area contributed by atoms with E-state index in [9.17, 15) is 13.6 Å². The first kappa shape index (κ1) is 29.1. The molecular formula is C31H37F2N7O3. The number of imidazole rings is 2. The van der Waals surface area contributed by atoms with Crippen LogP contribution in [0, 0.1) is 0 Å². The number of hydrogen-bond acceptors (Lipinski definition) is 6. The lowest BCUT2D eigenvalue weighted by molar-refractivity contribution is 0.0323. The zero-order valence-electron chi connectivity index (χ0n) is 25.4. The van der Waals surface area contributed by atoms with Crippen molar-refractivity contribution in [3.05, 3.63) is 58.5 Å². The topological polar surface area (TPSA) is 84.3 Å². The Kier molecular flexibility index (Phi) is 7.37. The van der Waals surface area contributed by atoms with Crippen molar-refractivity contribution < 1.29 is 18.3 Å². The number of nitrogens with zero attached hydrogens (tertiary/aromatic N) is 7. The molecule has 0 radical (unpaired) electrons. The number of hydrogen-bond donors (Lipinski definition) is 0. The minimum absolute atomic E-state index is 0.0997. The fraction of sp³-hybridized carbons (Fsp3) is 0.452. The van der Waals surface area contributed by atoms with Crippen LogP contribution in [0.3, 0.4) is 0 Å². The lowest BCUT2D eigenvalue weighted by atomic mass is 9.95. The Morgan fingerprint density at radius 2 is 1.77 bits per heavy atom. The van der Waals surface area contributed by atoms with Crippen LogP contribution in [0.15, 0.2) is 41.5 Å². The van der Waals surface area contributed by atoms with Crippen LogP contribution in [0.5, 0.6) is 5.75 Å². The predicted molar refractivity (Wildman–Crippen MR) is 161 cm³/mol. The van der Waals surface area contributed by atoms with E-state index in [1.807, 2.05) is 37.5 Å². The lowest BCUT2D eigenvalue weighted by Crippen LogP contribution is -2.38. The van der Waals surface area contributed by atoms with E-state index >= 15 is 0 Å². The number of rotatable bonds is 7. The van der Waals surface area contributed by atoms with Gasteiger partial charge in [-0.3, -0.25) is 23.3 Å². The van der Waals surface area contributed by atoms with Crippen molar-refractivity contribution in [2.45, 2.75) is 32.6 Å². The van der Waals surface area contributed by atoms with Crippen molar-refractivity contribution in [1.82, 2.24) is 33.4 Å². The highest BCUT2D eigenvalue weighted by Crippen LogP contribution is 2.39. The number of fused-ring (bicyclic) bond motifs is 2. The van der Waals surface area contributed by atoms with Gasteiger partial charge in [0.15, 0.2) is 0 Å². The van der Waals surface area contributed by atoms with Gasteiger partial charge in [-0.1, -0.05) is 20.8 Å². The summed E-state index contributed by atoms with van der Waals surface area (Å²) in [7, 11) is 5.20. The molecule has 2 aromatic carbocycles. The quantitative estimate of drug-likeness (QED) is 0.275. The van der Waals surface area contributed by atoms with E-state index in [-0.39, 0.29) is 11.3 Å². The maximum Gasteiger partial charge on any atom is 0.328 e. The molecule has 43 heavy (non-hydrogen) atoms. The van der Waals surface area contributed by atoms with Gasteiger partial charge in [-0.05, 0) is 23.8 Å². The Balaban J connectivity index is 1.55. The molecular weight excluding hydrogens is 556 g/mol. The Morgan fingerprint density at radius 1 is 1.02 bits per heavy atom. The first-order valence-corrected chi connectivity index (χ1v) is 14.4. The van der Waals surface area contributed by atoms with Crippen LogP contribution < -0.4 is 10.4 Å². The van der Waals surface area contributed by atoms with Gasteiger partial charge in [0.1, 0.15) is 23.7 Å². The van der Waals surface area contributed by atoms with Gasteiger partial charge in [-0.2, -0.15) is 5.10 Å². The van der Waals surface area contributed by atoms with E-state index in [1.54, 1.807) is 53.4 Å². The molecule has 1 fully saturated rings. The van der Waals surface area contributed by atoms with Gasteiger partial charge in [-0.25, -0.2) is 18.6 Å². The molecule has 12 heteroatoms. The highest BCUT2D eigenvalue weighted by molar-refractivity contribution is 5.89. The normalized spacial score (nSPS) is 14.9. The number of aryl methyl sites for hydroxylation is 3. The van der Waals surface area contributed by atoms with Crippen LogP contribution in [0.25, 0.3) is 38.9 Å². The minimum atomic E-state index is -2.71. The fourth-order valence-electron chi connectivity index (χ4n) is 5.84. The first-order valence-electron chi connectivity index (χ1n) is 14.4. The molecule has 0 amide bonds. The zero-order chi connectivity index (χ0) is 30.6. The third-order valence-electron chi connectivity index (χ3n) is 8.08. The number of alkyl halides is 2. The van der Waals surface area contributed by atoms with Gasteiger partial charge in [-0.15, -0.1) is 0 Å². The molecule has 1 aliphatic rings. The van der Waals surface area contributed by atoms with E-state index < -0.39 is 11.8 Å². The molecule has 0 bridgehead atoms. The second kappa shape index (κ2) is 10.9. The van der Waals surface area contributed by atoms with Crippen molar-refractivity contribution in [2.24, 2.45) is 21.1 Å². The van der Waals surface area contributed by atoms with Crippen molar-refractivity contribution in [3.8, 4) is 22.6 Å². The maximum atomic E-state index is 14.6. The van der Waals surface area contributed by atoms with Gasteiger partial charge in [0.2, 0.25) is 0 Å². The molecule has 3 aromatic heterocycles. The Morgan fingerprint density at radius 3 is 2.42 bits per heavy atom. The molecule has 0 spiro atoms. The van der Waals surface area contributed by atoms with Crippen LogP contribution in [0.2, 0.25) is 0 Å². The number of aromatic nitrogens is 6. The SMILES string of the molecule is Cn1cc(-c2cc3nc(C(C)(C)C)n(-c4cc(OCCN5CCOCC5)c5c(c4)n(C)c(=O)n5C)c3cc2C(F)F)cn1. The largest absolute Gasteiger partial charge is 0.490 e. The van der Waals surface area contributed by atoms with Crippen molar-refractivity contribution in [2.75, 3.05) is 39.5 Å². The fourth-order valence-corrected chi connectivity index (χ4v) is 5.84. The molecule has 0 aliphatic carbocycles. The molecule has 4 heterocycles. The zero-order valence-corrected chi connectivity index (χ0v) is 25.4. The smallest absolute Gasteiger partial charge is 0.328 e. The lowest BCUT2D eigenvalue weighted by Gasteiger charge is -2.26. The molecule has 5 aromatic rings. The van der Waals surface area contributed by atoms with Crippen LogP contribution >= 0.6 is 0 Å². The molecule has 0 saturated carbocycles. The second-order valence-corrected chi connectivity index (χ2v) is 12.2. The van der Waals surface area contributed by atoms with E-state index in [0.717, 1.165) is 13.1 Å². The Bertz CT molecular complexity index is 1870. The summed E-state index contributed by atoms with van der Waals surface area (Å²) >= 11 is 0. The maximum absolute atomic E-state index is 14.6. The van der Waals surface area contributed by atoms with Crippen molar-refractivity contribution >= 4 is 22.1 Å². The average molecular weight is 594 g/mol. The highest BCUT2D eigenvalue weighted by Gasteiger charge is 2.28. The van der Waals surface area contributed by atoms with E-state index in [0.29, 0.717) is 76.8 Å². The summed E-state index contributed by atoms with van der Waals surface area (Å²) in [4.78, 5) is 20.3. The monoisotopic (exact) mass is 593 g/mol. The molecule has 0 unspecified atom stereocenters. The predicted octanol–water partition coefficient (Wildman–Crippen LogP) is 4.56. The molecule has 0 atom stereocenters. The summed E-state index contributed by atoms with van der Waals surface area (Å²) in [6.07, 6.45) is 0.593. The van der Waals surface area contributed by atoms with E-state index in [4.69, 9.17) is 14.5 Å². The summed E-state index contributed by atoms with van der Waals surface area (Å²) < 4.78 is 47.6. The van der Waals surface area contributed by atoms with Gasteiger partial charge >= 0.3 is 5.69 Å². The first-order chi connectivity index (χ1) is 20.4. The third-order valence-corrected chi connectivity index (χ3v) is 8.08. The Hall–Kier alpha value is -4.03. The summed E-state index contributed by atoms with van der Waals surface area (Å²) in [5.74, 6) is 1.24. The van der Waals surface area contributed by atoms with E-state index in [1.165, 1.54) is 6.07 Å². The van der Waals surface area contributed by atoms with Gasteiger partial charge in [0.05, 0.1) is 41.6 Å². The summed E-state index contributed by atoms with van der Waals surface area (Å²) in [6, 6.07) is 7.03. The third kappa shape index (κ3) is 5.22. The summed E-state index contributed by atoms with van der Waals surface area (Å²) in [5, 5.41) is 4.19. The molecule has 0 N–H and O–H groups in total. The van der Waals surface area contributed by atoms with Crippen LogP contribution in [-0.2, 0) is 31.3 Å². The average Bonchev–Trinajstić information content (AvgIpc) is 3.64. The van der Waals surface area contributed by atoms with Gasteiger partial charge in [0, 0.05) is 69.6 Å². The summed E-state index contributed by atoms with van der Waals surface area (Å²) in [6.45, 7) is 10.3. The molecule has 1 saturated heterocycles. The standard InChI is InChI=1S/C31H37F2N7O3/c1-31(2,3)29-35-23-15-21(19-17-34-36(4)18-19)22(28(32)33)16-24(23)40(29)20-13-25-27(38(6)30(41)37(25)5)26(14-20)43-12-9-39-7-10-42-11-8-39/h13-18,28H,7-12H2,1-6H3. The number of benzene rings is 2. The summed E-state index contributed by atoms with van der Waals surface area (Å²) in [5.41, 5.74) is 3.44. The molecule has 6 rings (SSSR count). The van der Waals surface area contributed by atoms with Crippen LogP contribution in [-0.4, -0.2) is 72.8 Å². The number of halogens is 2. The van der Waals surface area contributed by atoms with Crippen molar-refractivity contribution in [1.29, 1.82) is 0 Å². The van der Waals surface area contributed by atoms with Gasteiger partial charge < -0.3 is 9.47 Å². The van der Waals surface area contributed by atoms with Crippen LogP contribution in [0.1, 0.15) is 38.6 Å². The van der Waals surface area contributed by atoms with Crippen molar-refractivity contribution in [3.63, 3.8) is 0 Å². The number of ether oxygens (including phenoxy) is 2. The second-order valence-electron chi connectivity index (χ2n) is 12.2. The minimum Gasteiger partial charge on any atom is -0.490 e. The van der Waals surface area contributed by atoms with Gasteiger partial charge in [0.25, 0.3) is 6.43 Å².